The molecule has 94 valence electrons. The molecule has 1 aromatic rings. The SMILES string of the molecule is CNCc1cccc(CN(C)CC2CC2C)c1. The van der Waals surface area contributed by atoms with Crippen LogP contribution in [0.2, 0.25) is 0 Å². The van der Waals surface area contributed by atoms with Crippen LogP contribution in [0.25, 0.3) is 0 Å². The standard InChI is InChI=1S/C15H24N2/c1-12-7-15(12)11-17(3)10-14-6-4-5-13(8-14)9-16-2/h4-6,8,12,15-16H,7,9-11H2,1-3H3. The van der Waals surface area contributed by atoms with Gasteiger partial charge in [0.2, 0.25) is 0 Å². The predicted octanol–water partition coefficient (Wildman–Crippen LogP) is 2.49. The van der Waals surface area contributed by atoms with E-state index in [4.69, 9.17) is 0 Å². The van der Waals surface area contributed by atoms with E-state index >= 15 is 0 Å². The molecule has 1 aliphatic carbocycles. The highest BCUT2D eigenvalue weighted by molar-refractivity contribution is 5.23. The summed E-state index contributed by atoms with van der Waals surface area (Å²) < 4.78 is 0. The van der Waals surface area contributed by atoms with Crippen LogP contribution in [0.15, 0.2) is 24.3 Å². The number of hydrogen-bond acceptors (Lipinski definition) is 2. The largest absolute Gasteiger partial charge is 0.316 e. The molecule has 1 aromatic carbocycles. The smallest absolute Gasteiger partial charge is 0.0230 e. The Labute approximate surface area is 105 Å². The van der Waals surface area contributed by atoms with Gasteiger partial charge in [0.25, 0.3) is 0 Å². The Balaban J connectivity index is 1.86. The fraction of sp³-hybridized carbons (Fsp3) is 0.600. The lowest BCUT2D eigenvalue weighted by Gasteiger charge is -2.17. The molecule has 0 heterocycles. The zero-order valence-corrected chi connectivity index (χ0v) is 11.2. The molecule has 0 aromatic heterocycles. The second kappa shape index (κ2) is 5.65. The van der Waals surface area contributed by atoms with E-state index in [0.29, 0.717) is 0 Å². The van der Waals surface area contributed by atoms with Crippen LogP contribution in [0.3, 0.4) is 0 Å². The highest BCUT2D eigenvalue weighted by Gasteiger charge is 2.32. The molecule has 2 unspecified atom stereocenters. The summed E-state index contributed by atoms with van der Waals surface area (Å²) in [5.74, 6) is 1.90. The Morgan fingerprint density at radius 1 is 1.35 bits per heavy atom. The topological polar surface area (TPSA) is 15.3 Å². The molecule has 1 saturated carbocycles. The van der Waals surface area contributed by atoms with Gasteiger partial charge >= 0.3 is 0 Å². The summed E-state index contributed by atoms with van der Waals surface area (Å²) in [6.45, 7) is 5.63. The first-order chi connectivity index (χ1) is 8.19. The van der Waals surface area contributed by atoms with Crippen LogP contribution in [0.4, 0.5) is 0 Å². The third kappa shape index (κ3) is 3.83. The maximum atomic E-state index is 3.20. The van der Waals surface area contributed by atoms with Gasteiger partial charge in [-0.25, -0.2) is 0 Å². The highest BCUT2D eigenvalue weighted by atomic mass is 15.1. The summed E-state index contributed by atoms with van der Waals surface area (Å²) in [6, 6.07) is 8.88. The average Bonchev–Trinajstić information content (AvgIpc) is 2.94. The zero-order chi connectivity index (χ0) is 12.3. The Hall–Kier alpha value is -0.860. The average molecular weight is 232 g/mol. The second-order valence-electron chi connectivity index (χ2n) is 5.52. The van der Waals surface area contributed by atoms with Crippen molar-refractivity contribution < 1.29 is 0 Å². The number of nitrogens with one attached hydrogen (secondary N) is 1. The molecule has 0 aliphatic heterocycles. The minimum Gasteiger partial charge on any atom is -0.316 e. The van der Waals surface area contributed by atoms with Gasteiger partial charge in [0.05, 0.1) is 0 Å². The lowest BCUT2D eigenvalue weighted by atomic mass is 10.1. The van der Waals surface area contributed by atoms with Gasteiger partial charge in [-0.3, -0.25) is 0 Å². The Bertz CT molecular complexity index is 362. The van der Waals surface area contributed by atoms with Gasteiger partial charge in [-0.05, 0) is 43.5 Å². The highest BCUT2D eigenvalue weighted by Crippen LogP contribution is 2.38. The van der Waals surface area contributed by atoms with Crippen LogP contribution in [-0.4, -0.2) is 25.5 Å². The maximum Gasteiger partial charge on any atom is 0.0230 e. The minimum atomic E-state index is 0.945. The lowest BCUT2D eigenvalue weighted by Crippen LogP contribution is -2.21. The Morgan fingerprint density at radius 2 is 2.06 bits per heavy atom. The second-order valence-corrected chi connectivity index (χ2v) is 5.52. The molecule has 0 radical (unpaired) electrons. The fourth-order valence-electron chi connectivity index (χ4n) is 2.47. The molecule has 2 rings (SSSR count). The van der Waals surface area contributed by atoms with Crippen LogP contribution < -0.4 is 5.32 Å². The van der Waals surface area contributed by atoms with Gasteiger partial charge in [0.1, 0.15) is 0 Å². The summed E-state index contributed by atoms with van der Waals surface area (Å²) in [5, 5.41) is 3.20. The first kappa shape index (κ1) is 12.6. The van der Waals surface area contributed by atoms with E-state index in [1.54, 1.807) is 0 Å². The fourth-order valence-corrected chi connectivity index (χ4v) is 2.47. The van der Waals surface area contributed by atoms with Gasteiger partial charge in [-0.15, -0.1) is 0 Å². The van der Waals surface area contributed by atoms with Gasteiger partial charge in [-0.2, -0.15) is 0 Å². The van der Waals surface area contributed by atoms with Crippen LogP contribution in [0.1, 0.15) is 24.5 Å². The normalized spacial score (nSPS) is 23.1. The monoisotopic (exact) mass is 232 g/mol. The minimum absolute atomic E-state index is 0.945. The first-order valence-corrected chi connectivity index (χ1v) is 6.60. The molecule has 0 amide bonds. The van der Waals surface area contributed by atoms with Crippen molar-refractivity contribution >= 4 is 0 Å². The quantitative estimate of drug-likeness (QED) is 0.810. The van der Waals surface area contributed by atoms with Crippen molar-refractivity contribution in [2.45, 2.75) is 26.4 Å². The predicted molar refractivity (Wildman–Crippen MR) is 72.8 cm³/mol. The summed E-state index contributed by atoms with van der Waals surface area (Å²) in [4.78, 5) is 2.45. The molecule has 1 aliphatic rings. The van der Waals surface area contributed by atoms with Crippen LogP contribution >= 0.6 is 0 Å². The van der Waals surface area contributed by atoms with Crippen LogP contribution in [0.5, 0.6) is 0 Å². The molecule has 1 fully saturated rings. The molecule has 0 spiro atoms. The molecular formula is C15H24N2. The van der Waals surface area contributed by atoms with Gasteiger partial charge in [0.15, 0.2) is 0 Å². The van der Waals surface area contributed by atoms with Crippen LogP contribution in [0, 0.1) is 11.8 Å². The Morgan fingerprint density at radius 3 is 2.71 bits per heavy atom. The van der Waals surface area contributed by atoms with Crippen molar-refractivity contribution in [3.63, 3.8) is 0 Å². The molecule has 2 atom stereocenters. The molecular weight excluding hydrogens is 208 g/mol. The molecule has 1 N–H and O–H groups in total. The third-order valence-corrected chi connectivity index (χ3v) is 3.65. The first-order valence-electron chi connectivity index (χ1n) is 6.60. The van der Waals surface area contributed by atoms with Gasteiger partial charge in [-0.1, -0.05) is 31.2 Å². The zero-order valence-electron chi connectivity index (χ0n) is 11.2. The lowest BCUT2D eigenvalue weighted by molar-refractivity contribution is 0.307. The van der Waals surface area contributed by atoms with Gasteiger partial charge < -0.3 is 10.2 Å². The van der Waals surface area contributed by atoms with Gasteiger partial charge in [0, 0.05) is 19.6 Å². The maximum absolute atomic E-state index is 3.20. The number of nitrogens with zero attached hydrogens (tertiary/aromatic N) is 1. The van der Waals surface area contributed by atoms with E-state index in [0.717, 1.165) is 24.9 Å². The number of rotatable bonds is 6. The third-order valence-electron chi connectivity index (χ3n) is 3.65. The number of benzene rings is 1. The summed E-state index contributed by atoms with van der Waals surface area (Å²) in [6.07, 6.45) is 1.42. The molecule has 0 saturated heterocycles. The molecule has 17 heavy (non-hydrogen) atoms. The van der Waals surface area contributed by atoms with E-state index < -0.39 is 0 Å². The van der Waals surface area contributed by atoms with Crippen molar-refractivity contribution in [3.8, 4) is 0 Å². The summed E-state index contributed by atoms with van der Waals surface area (Å²) >= 11 is 0. The molecule has 2 heteroatoms. The van der Waals surface area contributed by atoms with E-state index in [2.05, 4.69) is 48.5 Å². The molecule has 0 bridgehead atoms. The van der Waals surface area contributed by atoms with E-state index in [9.17, 15) is 0 Å². The van der Waals surface area contributed by atoms with E-state index in [1.165, 1.54) is 24.1 Å². The molecule has 2 nitrogen and oxygen atoms in total. The number of hydrogen-bond donors (Lipinski definition) is 1. The Kier molecular flexibility index (Phi) is 4.19. The van der Waals surface area contributed by atoms with Crippen molar-refractivity contribution in [2.75, 3.05) is 20.6 Å². The van der Waals surface area contributed by atoms with Crippen molar-refractivity contribution in [3.05, 3.63) is 35.4 Å². The van der Waals surface area contributed by atoms with Crippen LogP contribution in [-0.2, 0) is 13.1 Å². The van der Waals surface area contributed by atoms with Crippen molar-refractivity contribution in [1.29, 1.82) is 0 Å². The van der Waals surface area contributed by atoms with Crippen molar-refractivity contribution in [1.82, 2.24) is 10.2 Å². The summed E-state index contributed by atoms with van der Waals surface area (Å²) in [7, 11) is 4.23. The van der Waals surface area contributed by atoms with Crippen molar-refractivity contribution in [2.24, 2.45) is 11.8 Å². The van der Waals surface area contributed by atoms with E-state index in [1.807, 2.05) is 7.05 Å². The van der Waals surface area contributed by atoms with E-state index in [-0.39, 0.29) is 0 Å². The summed E-state index contributed by atoms with van der Waals surface area (Å²) in [5.41, 5.74) is 2.80.